The minimum Gasteiger partial charge on any atom is -0.355 e. The van der Waals surface area contributed by atoms with Crippen LogP contribution in [0.2, 0.25) is 0 Å². The zero-order valence-electron chi connectivity index (χ0n) is 16.7. The molecule has 2 N–H and O–H groups in total. The van der Waals surface area contributed by atoms with Crippen molar-refractivity contribution in [1.29, 1.82) is 0 Å². The van der Waals surface area contributed by atoms with E-state index in [1.807, 2.05) is 12.2 Å². The van der Waals surface area contributed by atoms with Crippen molar-refractivity contribution in [3.8, 4) is 0 Å². The minimum atomic E-state index is -4.15. The number of nitrogens with zero attached hydrogens (tertiary/aromatic N) is 3. The predicted molar refractivity (Wildman–Crippen MR) is 106 cm³/mol. The topological polar surface area (TPSA) is 42.9 Å². The van der Waals surface area contributed by atoms with Crippen molar-refractivity contribution in [3.05, 3.63) is 25.3 Å². The first-order valence-electron chi connectivity index (χ1n) is 9.42. The summed E-state index contributed by atoms with van der Waals surface area (Å²) in [5, 5.41) is 6.58. The van der Waals surface area contributed by atoms with E-state index >= 15 is 0 Å². The quantitative estimate of drug-likeness (QED) is 0.342. The van der Waals surface area contributed by atoms with Crippen molar-refractivity contribution < 1.29 is 13.2 Å². The monoisotopic (exact) mass is 389 g/mol. The molecule has 156 valence electrons. The number of nitrogens with one attached hydrogen (secondary N) is 2. The van der Waals surface area contributed by atoms with Crippen LogP contribution in [0.5, 0.6) is 0 Å². The van der Waals surface area contributed by atoms with Crippen LogP contribution < -0.4 is 10.6 Å². The molecule has 0 aliphatic carbocycles. The van der Waals surface area contributed by atoms with Gasteiger partial charge in [0.15, 0.2) is 5.96 Å². The standard InChI is InChI=1S/C19H34F3N5/c1-6-9-27(10-7-2)17(15(3)4)12-24-18(23-5)25-16-8-11-26(13-16)14-19(20,21)22/h6-7,15-17H,1-2,8-14H2,3-5H3,(H2,23,24,25). The molecule has 0 radical (unpaired) electrons. The number of rotatable bonds is 10. The van der Waals surface area contributed by atoms with Gasteiger partial charge in [0.25, 0.3) is 0 Å². The van der Waals surface area contributed by atoms with Crippen LogP contribution >= 0.6 is 0 Å². The van der Waals surface area contributed by atoms with E-state index in [1.54, 1.807) is 7.05 Å². The summed E-state index contributed by atoms with van der Waals surface area (Å²) in [6, 6.07) is 0.221. The summed E-state index contributed by atoms with van der Waals surface area (Å²) in [4.78, 5) is 7.94. The third kappa shape index (κ3) is 8.79. The van der Waals surface area contributed by atoms with Crippen molar-refractivity contribution in [2.24, 2.45) is 10.9 Å². The van der Waals surface area contributed by atoms with Crippen LogP contribution in [0.25, 0.3) is 0 Å². The molecule has 8 heteroatoms. The molecule has 2 atom stereocenters. The van der Waals surface area contributed by atoms with Crippen LogP contribution in [0.4, 0.5) is 13.2 Å². The first-order valence-corrected chi connectivity index (χ1v) is 9.42. The van der Waals surface area contributed by atoms with Gasteiger partial charge < -0.3 is 10.6 Å². The Bertz CT molecular complexity index is 480. The lowest BCUT2D eigenvalue weighted by molar-refractivity contribution is -0.143. The van der Waals surface area contributed by atoms with Gasteiger partial charge in [-0.2, -0.15) is 13.2 Å². The van der Waals surface area contributed by atoms with Gasteiger partial charge in [-0.05, 0) is 12.3 Å². The SMILES string of the molecule is C=CCN(CC=C)C(CNC(=NC)NC1CCN(CC(F)(F)F)C1)C(C)C. The summed E-state index contributed by atoms with van der Waals surface area (Å²) in [5.41, 5.74) is 0. The lowest BCUT2D eigenvalue weighted by atomic mass is 10.0. The number of halogens is 3. The van der Waals surface area contributed by atoms with Crippen molar-refractivity contribution in [2.45, 2.75) is 38.5 Å². The van der Waals surface area contributed by atoms with E-state index in [-0.39, 0.29) is 12.1 Å². The van der Waals surface area contributed by atoms with Crippen LogP contribution in [-0.2, 0) is 0 Å². The van der Waals surface area contributed by atoms with Crippen molar-refractivity contribution in [1.82, 2.24) is 20.4 Å². The van der Waals surface area contributed by atoms with Crippen LogP contribution in [0, 0.1) is 5.92 Å². The molecule has 0 bridgehead atoms. The van der Waals surface area contributed by atoms with E-state index in [9.17, 15) is 13.2 Å². The summed E-state index contributed by atoms with van der Waals surface area (Å²) in [6.45, 7) is 14.1. The lowest BCUT2D eigenvalue weighted by Gasteiger charge is -2.33. The summed E-state index contributed by atoms with van der Waals surface area (Å²) >= 11 is 0. The molecule has 2 unspecified atom stereocenters. The molecule has 0 amide bonds. The zero-order valence-corrected chi connectivity index (χ0v) is 16.7. The first-order chi connectivity index (χ1) is 12.7. The maximum absolute atomic E-state index is 12.5. The lowest BCUT2D eigenvalue weighted by Crippen LogP contribution is -2.51. The summed E-state index contributed by atoms with van der Waals surface area (Å²) in [5.74, 6) is 1.03. The molecule has 0 aromatic carbocycles. The predicted octanol–water partition coefficient (Wildman–Crippen LogP) is 2.49. The summed E-state index contributed by atoms with van der Waals surface area (Å²) in [6.07, 6.45) is 0.266. The Balaban J connectivity index is 2.57. The Morgan fingerprint density at radius 3 is 2.41 bits per heavy atom. The van der Waals surface area contributed by atoms with E-state index in [2.05, 4.69) is 47.5 Å². The normalized spacial score (nSPS) is 20.1. The Kier molecular flexibility index (Phi) is 9.87. The minimum absolute atomic E-state index is 0.0338. The molecular weight excluding hydrogens is 355 g/mol. The largest absolute Gasteiger partial charge is 0.401 e. The highest BCUT2D eigenvalue weighted by Crippen LogP contribution is 2.20. The van der Waals surface area contributed by atoms with Gasteiger partial charge in [-0.3, -0.25) is 14.8 Å². The molecule has 0 aromatic rings. The van der Waals surface area contributed by atoms with Crippen molar-refractivity contribution >= 4 is 5.96 Å². The van der Waals surface area contributed by atoms with Gasteiger partial charge in [-0.15, -0.1) is 13.2 Å². The molecule has 0 saturated carbocycles. The van der Waals surface area contributed by atoms with E-state index in [0.717, 1.165) is 13.1 Å². The molecular formula is C19H34F3N5. The molecule has 0 aromatic heterocycles. The van der Waals surface area contributed by atoms with Gasteiger partial charge >= 0.3 is 6.18 Å². The molecule has 1 aliphatic heterocycles. The first kappa shape index (κ1) is 23.5. The molecule has 5 nitrogen and oxygen atoms in total. The van der Waals surface area contributed by atoms with Gasteiger partial charge in [-0.25, -0.2) is 0 Å². The smallest absolute Gasteiger partial charge is 0.355 e. The number of hydrogen-bond acceptors (Lipinski definition) is 3. The Morgan fingerprint density at radius 1 is 1.30 bits per heavy atom. The Hall–Kier alpha value is -1.54. The number of aliphatic imine (C=N–C) groups is 1. The van der Waals surface area contributed by atoms with E-state index in [0.29, 0.717) is 37.9 Å². The van der Waals surface area contributed by atoms with Gasteiger partial charge in [0, 0.05) is 51.9 Å². The third-order valence-corrected chi connectivity index (χ3v) is 4.68. The maximum Gasteiger partial charge on any atom is 0.401 e. The maximum atomic E-state index is 12.5. The number of likely N-dealkylation sites (tertiary alicyclic amines) is 1. The molecule has 1 fully saturated rings. The summed E-state index contributed by atoms with van der Waals surface area (Å²) < 4.78 is 37.6. The molecule has 1 saturated heterocycles. The second kappa shape index (κ2) is 11.3. The molecule has 1 aliphatic rings. The van der Waals surface area contributed by atoms with Gasteiger partial charge in [-0.1, -0.05) is 26.0 Å². The third-order valence-electron chi connectivity index (χ3n) is 4.68. The van der Waals surface area contributed by atoms with Crippen molar-refractivity contribution in [2.75, 3.05) is 46.3 Å². The molecule has 27 heavy (non-hydrogen) atoms. The Labute approximate surface area is 161 Å². The van der Waals surface area contributed by atoms with Gasteiger partial charge in [0.1, 0.15) is 0 Å². The van der Waals surface area contributed by atoms with Gasteiger partial charge in [0.2, 0.25) is 0 Å². The fourth-order valence-corrected chi connectivity index (χ4v) is 3.40. The van der Waals surface area contributed by atoms with Crippen LogP contribution in [0.3, 0.4) is 0 Å². The molecule has 1 heterocycles. The van der Waals surface area contributed by atoms with E-state index in [1.165, 1.54) is 4.90 Å². The highest BCUT2D eigenvalue weighted by molar-refractivity contribution is 5.80. The fraction of sp³-hybridized carbons (Fsp3) is 0.737. The highest BCUT2D eigenvalue weighted by atomic mass is 19.4. The number of alkyl halides is 3. The van der Waals surface area contributed by atoms with Gasteiger partial charge in [0.05, 0.1) is 6.54 Å². The van der Waals surface area contributed by atoms with E-state index in [4.69, 9.17) is 0 Å². The molecule has 0 spiro atoms. The van der Waals surface area contributed by atoms with Crippen LogP contribution in [0.1, 0.15) is 20.3 Å². The highest BCUT2D eigenvalue weighted by Gasteiger charge is 2.34. The van der Waals surface area contributed by atoms with Crippen LogP contribution in [-0.4, -0.2) is 80.3 Å². The second-order valence-electron chi connectivity index (χ2n) is 7.28. The average Bonchev–Trinajstić information content (AvgIpc) is 2.98. The van der Waals surface area contributed by atoms with Crippen molar-refractivity contribution in [3.63, 3.8) is 0 Å². The Morgan fingerprint density at radius 2 is 1.93 bits per heavy atom. The van der Waals surface area contributed by atoms with Crippen LogP contribution in [0.15, 0.2) is 30.3 Å². The molecule has 1 rings (SSSR count). The average molecular weight is 390 g/mol. The zero-order chi connectivity index (χ0) is 20.4. The number of guanidine groups is 1. The summed E-state index contributed by atoms with van der Waals surface area (Å²) in [7, 11) is 1.67. The number of hydrogen-bond donors (Lipinski definition) is 2. The van der Waals surface area contributed by atoms with E-state index < -0.39 is 12.7 Å². The second-order valence-corrected chi connectivity index (χ2v) is 7.28. The fourth-order valence-electron chi connectivity index (χ4n) is 3.40.